The van der Waals surface area contributed by atoms with Crippen LogP contribution >= 0.6 is 0 Å². The maximum Gasteiger partial charge on any atom is 0.337 e. The van der Waals surface area contributed by atoms with Crippen molar-refractivity contribution in [1.29, 1.82) is 0 Å². The Morgan fingerprint density at radius 3 is 2.31 bits per heavy atom. The van der Waals surface area contributed by atoms with Gasteiger partial charge in [-0.25, -0.2) is 13.2 Å². The van der Waals surface area contributed by atoms with Crippen molar-refractivity contribution in [2.45, 2.75) is 24.7 Å². The number of aromatic carboxylic acids is 1. The second-order valence-electron chi connectivity index (χ2n) is 6.56. The molecule has 3 rings (SSSR count). The standard InChI is InChI=1S/C22H23NO5S/c1-3-4-15-23(19-12-8-7-11-18(19)22(24)25)29(26,27)21-14-13-20(28-2)16-9-5-6-10-17(16)21/h5-14H,3-4,15H2,1-2H3,(H,24,25). The Morgan fingerprint density at radius 2 is 1.66 bits per heavy atom. The highest BCUT2D eigenvalue weighted by Crippen LogP contribution is 2.35. The van der Waals surface area contributed by atoms with Gasteiger partial charge in [0.1, 0.15) is 5.75 Å². The molecule has 0 atom stereocenters. The summed E-state index contributed by atoms with van der Waals surface area (Å²) in [6.07, 6.45) is 1.37. The lowest BCUT2D eigenvalue weighted by Gasteiger charge is -2.26. The number of para-hydroxylation sites is 1. The van der Waals surface area contributed by atoms with Crippen LogP contribution < -0.4 is 9.04 Å². The molecule has 0 unspecified atom stereocenters. The van der Waals surface area contributed by atoms with Gasteiger partial charge in [0.2, 0.25) is 0 Å². The largest absolute Gasteiger partial charge is 0.496 e. The zero-order valence-electron chi connectivity index (χ0n) is 16.3. The molecule has 0 aliphatic carbocycles. The third-order valence-electron chi connectivity index (χ3n) is 4.75. The molecule has 0 heterocycles. The third-order valence-corrected chi connectivity index (χ3v) is 6.62. The van der Waals surface area contributed by atoms with Crippen molar-refractivity contribution in [3.05, 3.63) is 66.2 Å². The van der Waals surface area contributed by atoms with E-state index in [-0.39, 0.29) is 22.7 Å². The monoisotopic (exact) mass is 413 g/mol. The first-order chi connectivity index (χ1) is 13.9. The fourth-order valence-electron chi connectivity index (χ4n) is 3.31. The molecule has 0 spiro atoms. The number of nitrogens with zero attached hydrogens (tertiary/aromatic N) is 1. The average molecular weight is 413 g/mol. The van der Waals surface area contributed by atoms with E-state index in [1.165, 1.54) is 29.6 Å². The highest BCUT2D eigenvalue weighted by molar-refractivity contribution is 7.93. The molecule has 0 aliphatic heterocycles. The topological polar surface area (TPSA) is 83.9 Å². The Labute approximate surface area is 170 Å². The number of ether oxygens (including phenoxy) is 1. The molecule has 0 saturated heterocycles. The van der Waals surface area contributed by atoms with E-state index in [0.29, 0.717) is 22.9 Å². The molecule has 0 amide bonds. The number of hydrogen-bond acceptors (Lipinski definition) is 4. The molecule has 152 valence electrons. The second-order valence-corrected chi connectivity index (χ2v) is 8.40. The number of sulfonamides is 1. The number of rotatable bonds is 8. The fraction of sp³-hybridized carbons (Fsp3) is 0.227. The van der Waals surface area contributed by atoms with E-state index in [4.69, 9.17) is 4.74 Å². The molecule has 6 nitrogen and oxygen atoms in total. The molecule has 0 saturated carbocycles. The molecule has 0 fully saturated rings. The summed E-state index contributed by atoms with van der Waals surface area (Å²) in [5.41, 5.74) is 0.110. The summed E-state index contributed by atoms with van der Waals surface area (Å²) < 4.78 is 34.0. The van der Waals surface area contributed by atoms with Gasteiger partial charge in [-0.1, -0.05) is 49.7 Å². The van der Waals surface area contributed by atoms with Gasteiger partial charge in [-0.15, -0.1) is 0 Å². The summed E-state index contributed by atoms with van der Waals surface area (Å²) in [7, 11) is -2.49. The Bertz CT molecular complexity index is 1140. The Balaban J connectivity index is 2.25. The van der Waals surface area contributed by atoms with Gasteiger partial charge in [0.05, 0.1) is 23.3 Å². The SMILES string of the molecule is CCCCN(c1ccccc1C(=O)O)S(=O)(=O)c1ccc(OC)c2ccccc12. The van der Waals surface area contributed by atoms with Gasteiger partial charge in [-0.2, -0.15) is 0 Å². The lowest BCUT2D eigenvalue weighted by Crippen LogP contribution is -2.33. The molecule has 7 heteroatoms. The number of carboxylic acids is 1. The van der Waals surface area contributed by atoms with E-state index in [0.717, 1.165) is 6.42 Å². The van der Waals surface area contributed by atoms with Crippen molar-refractivity contribution in [3.8, 4) is 5.75 Å². The summed E-state index contributed by atoms with van der Waals surface area (Å²) in [5.74, 6) is -0.595. The summed E-state index contributed by atoms with van der Waals surface area (Å²) in [6, 6.07) is 16.4. The minimum Gasteiger partial charge on any atom is -0.496 e. The molecule has 0 radical (unpaired) electrons. The fourth-order valence-corrected chi connectivity index (χ4v) is 5.03. The van der Waals surface area contributed by atoms with Crippen LogP contribution in [0.15, 0.2) is 65.6 Å². The maximum absolute atomic E-state index is 13.7. The van der Waals surface area contributed by atoms with Crippen molar-refractivity contribution in [2.75, 3.05) is 18.0 Å². The zero-order chi connectivity index (χ0) is 21.0. The Kier molecular flexibility index (Phi) is 6.08. The van der Waals surface area contributed by atoms with Crippen molar-refractivity contribution < 1.29 is 23.1 Å². The summed E-state index contributed by atoms with van der Waals surface area (Å²) in [4.78, 5) is 11.8. The van der Waals surface area contributed by atoms with E-state index in [2.05, 4.69) is 0 Å². The molecule has 0 aromatic heterocycles. The quantitative estimate of drug-likeness (QED) is 0.586. The lowest BCUT2D eigenvalue weighted by atomic mass is 10.1. The molecule has 3 aromatic carbocycles. The van der Waals surface area contributed by atoms with E-state index >= 15 is 0 Å². The number of carbonyl (C=O) groups is 1. The normalized spacial score (nSPS) is 11.4. The molecule has 0 aliphatic rings. The Hall–Kier alpha value is -3.06. The van der Waals surface area contributed by atoms with Crippen LogP contribution in [0.3, 0.4) is 0 Å². The number of anilines is 1. The van der Waals surface area contributed by atoms with Crippen LogP contribution in [0, 0.1) is 0 Å². The summed E-state index contributed by atoms with van der Waals surface area (Å²) >= 11 is 0. The highest BCUT2D eigenvalue weighted by Gasteiger charge is 2.29. The smallest absolute Gasteiger partial charge is 0.337 e. The average Bonchev–Trinajstić information content (AvgIpc) is 2.73. The van der Waals surface area contributed by atoms with Gasteiger partial charge >= 0.3 is 5.97 Å². The lowest BCUT2D eigenvalue weighted by molar-refractivity contribution is 0.0697. The second kappa shape index (κ2) is 8.53. The van der Waals surface area contributed by atoms with E-state index < -0.39 is 16.0 Å². The molecular weight excluding hydrogens is 390 g/mol. The van der Waals surface area contributed by atoms with Crippen LogP contribution in [0.1, 0.15) is 30.1 Å². The number of fused-ring (bicyclic) bond motifs is 1. The predicted octanol–water partition coefficient (Wildman–Crippen LogP) is 4.54. The van der Waals surface area contributed by atoms with Gasteiger partial charge < -0.3 is 9.84 Å². The molecule has 3 aromatic rings. The minimum absolute atomic E-state index is 0.0509. The first kappa shape index (κ1) is 20.7. The van der Waals surface area contributed by atoms with Crippen LogP contribution in [0.25, 0.3) is 10.8 Å². The molecular formula is C22H23NO5S. The Morgan fingerprint density at radius 1 is 1.00 bits per heavy atom. The van der Waals surface area contributed by atoms with Crippen molar-refractivity contribution >= 4 is 32.5 Å². The van der Waals surface area contributed by atoms with Gasteiger partial charge in [-0.3, -0.25) is 4.31 Å². The summed E-state index contributed by atoms with van der Waals surface area (Å²) in [6.45, 7) is 2.14. The van der Waals surface area contributed by atoms with E-state index in [1.54, 1.807) is 36.4 Å². The number of unbranched alkanes of at least 4 members (excludes halogenated alkanes) is 1. The first-order valence-corrected chi connectivity index (χ1v) is 10.8. The highest BCUT2D eigenvalue weighted by atomic mass is 32.2. The number of methoxy groups -OCH3 is 1. The first-order valence-electron chi connectivity index (χ1n) is 9.32. The summed E-state index contributed by atoms with van der Waals surface area (Å²) in [5, 5.41) is 10.8. The number of carboxylic acid groups (broad SMARTS) is 1. The van der Waals surface area contributed by atoms with Crippen molar-refractivity contribution in [2.24, 2.45) is 0 Å². The van der Waals surface area contributed by atoms with Gasteiger partial charge in [0, 0.05) is 17.3 Å². The van der Waals surface area contributed by atoms with E-state index in [9.17, 15) is 18.3 Å². The van der Waals surface area contributed by atoms with Crippen molar-refractivity contribution in [3.63, 3.8) is 0 Å². The predicted molar refractivity (Wildman–Crippen MR) is 113 cm³/mol. The molecule has 29 heavy (non-hydrogen) atoms. The van der Waals surface area contributed by atoms with Gasteiger partial charge in [-0.05, 0) is 30.7 Å². The van der Waals surface area contributed by atoms with Crippen LogP contribution in [0.4, 0.5) is 5.69 Å². The van der Waals surface area contributed by atoms with Crippen LogP contribution in [-0.2, 0) is 10.0 Å². The maximum atomic E-state index is 13.7. The molecule has 0 bridgehead atoms. The minimum atomic E-state index is -4.02. The van der Waals surface area contributed by atoms with Gasteiger partial charge in [0.25, 0.3) is 10.0 Å². The van der Waals surface area contributed by atoms with Crippen LogP contribution in [-0.4, -0.2) is 33.1 Å². The number of hydrogen-bond donors (Lipinski definition) is 1. The van der Waals surface area contributed by atoms with Crippen LogP contribution in [0.2, 0.25) is 0 Å². The zero-order valence-corrected chi connectivity index (χ0v) is 17.1. The number of benzene rings is 3. The molecule has 1 N–H and O–H groups in total. The van der Waals surface area contributed by atoms with Crippen LogP contribution in [0.5, 0.6) is 5.75 Å². The van der Waals surface area contributed by atoms with Crippen molar-refractivity contribution in [1.82, 2.24) is 0 Å². The third kappa shape index (κ3) is 3.91. The van der Waals surface area contributed by atoms with Gasteiger partial charge in [0.15, 0.2) is 0 Å². The van der Waals surface area contributed by atoms with E-state index in [1.807, 2.05) is 13.0 Å².